The Bertz CT molecular complexity index is 611. The Balaban J connectivity index is 1.96. The van der Waals surface area contributed by atoms with E-state index in [1.807, 2.05) is 0 Å². The van der Waals surface area contributed by atoms with Crippen LogP contribution in [0.15, 0.2) is 24.3 Å². The highest BCUT2D eigenvalue weighted by atomic mass is 16.5. The summed E-state index contributed by atoms with van der Waals surface area (Å²) in [5.74, 6) is -0.802. The predicted molar refractivity (Wildman–Crippen MR) is 70.0 cm³/mol. The summed E-state index contributed by atoms with van der Waals surface area (Å²) in [6, 6.07) is 6.48. The van der Waals surface area contributed by atoms with Crippen LogP contribution in [0.5, 0.6) is 0 Å². The van der Waals surface area contributed by atoms with Gasteiger partial charge in [-0.3, -0.25) is 4.79 Å². The molecule has 1 atom stereocenters. The number of aromatic amines is 1. The number of methoxy groups -OCH3 is 1. The topological polar surface area (TPSA) is 130 Å². The second kappa shape index (κ2) is 6.57. The highest BCUT2D eigenvalue weighted by Gasteiger charge is 2.16. The van der Waals surface area contributed by atoms with Gasteiger partial charge in [0.2, 0.25) is 5.82 Å². The Kier molecular flexibility index (Phi) is 4.57. The number of carbonyl (C=O) groups is 2. The molecule has 1 unspecified atom stereocenters. The van der Waals surface area contributed by atoms with Crippen molar-refractivity contribution < 1.29 is 19.4 Å². The lowest BCUT2D eigenvalue weighted by atomic mass is 10.1. The molecule has 1 amide bonds. The summed E-state index contributed by atoms with van der Waals surface area (Å²) in [5.41, 5.74) is 1.08. The van der Waals surface area contributed by atoms with E-state index < -0.39 is 18.0 Å². The number of ether oxygens (including phenoxy) is 1. The molecule has 0 aliphatic carbocycles. The number of aromatic nitrogens is 4. The van der Waals surface area contributed by atoms with E-state index in [4.69, 9.17) is 0 Å². The van der Waals surface area contributed by atoms with Crippen LogP contribution in [0.4, 0.5) is 0 Å². The van der Waals surface area contributed by atoms with E-state index in [-0.39, 0.29) is 6.54 Å². The van der Waals surface area contributed by atoms with Crippen LogP contribution in [0.25, 0.3) is 11.4 Å². The van der Waals surface area contributed by atoms with Gasteiger partial charge in [0.15, 0.2) is 6.10 Å². The number of aliphatic hydroxyl groups excluding tert-OH is 1. The van der Waals surface area contributed by atoms with Crippen LogP contribution < -0.4 is 5.32 Å². The van der Waals surface area contributed by atoms with Gasteiger partial charge in [0.25, 0.3) is 5.91 Å². The lowest BCUT2D eigenvalue weighted by Crippen LogP contribution is -2.37. The largest absolute Gasteiger partial charge is 0.467 e. The van der Waals surface area contributed by atoms with Crippen molar-refractivity contribution in [1.29, 1.82) is 0 Å². The van der Waals surface area contributed by atoms with E-state index in [9.17, 15) is 14.7 Å². The zero-order chi connectivity index (χ0) is 15.2. The van der Waals surface area contributed by atoms with Gasteiger partial charge in [0.05, 0.1) is 13.7 Å². The summed E-state index contributed by atoms with van der Waals surface area (Å²) in [5, 5.41) is 25.2. The zero-order valence-corrected chi connectivity index (χ0v) is 11.1. The van der Waals surface area contributed by atoms with E-state index in [0.29, 0.717) is 17.0 Å². The molecule has 0 saturated heterocycles. The summed E-state index contributed by atoms with van der Waals surface area (Å²) >= 11 is 0. The normalized spacial score (nSPS) is 11.7. The molecule has 0 saturated carbocycles. The quantitative estimate of drug-likeness (QED) is 0.610. The lowest BCUT2D eigenvalue weighted by Gasteiger charge is -2.09. The first-order chi connectivity index (χ1) is 10.1. The highest BCUT2D eigenvalue weighted by molar-refractivity contribution is 5.94. The number of nitrogens with zero attached hydrogens (tertiary/aromatic N) is 3. The van der Waals surface area contributed by atoms with Crippen LogP contribution in [0.1, 0.15) is 10.4 Å². The van der Waals surface area contributed by atoms with Crippen LogP contribution in [0.2, 0.25) is 0 Å². The minimum absolute atomic E-state index is 0.224. The monoisotopic (exact) mass is 291 g/mol. The van der Waals surface area contributed by atoms with Crippen LogP contribution >= 0.6 is 0 Å². The number of rotatable bonds is 5. The van der Waals surface area contributed by atoms with Crippen molar-refractivity contribution in [2.24, 2.45) is 0 Å². The van der Waals surface area contributed by atoms with Crippen LogP contribution in [-0.2, 0) is 9.53 Å². The second-order valence-electron chi connectivity index (χ2n) is 4.06. The number of aliphatic hydroxyl groups is 1. The van der Waals surface area contributed by atoms with Gasteiger partial charge in [0, 0.05) is 11.1 Å². The molecule has 2 aromatic rings. The molecule has 9 heteroatoms. The number of H-pyrrole nitrogens is 1. The lowest BCUT2D eigenvalue weighted by molar-refractivity contribution is -0.149. The van der Waals surface area contributed by atoms with Crippen molar-refractivity contribution in [2.45, 2.75) is 6.10 Å². The Hall–Kier alpha value is -2.81. The fourth-order valence-corrected chi connectivity index (χ4v) is 1.57. The molecular weight excluding hydrogens is 278 g/mol. The van der Waals surface area contributed by atoms with Gasteiger partial charge in [-0.05, 0) is 17.3 Å². The van der Waals surface area contributed by atoms with E-state index in [2.05, 4.69) is 30.7 Å². The molecule has 0 aliphatic heterocycles. The third-order valence-corrected chi connectivity index (χ3v) is 2.68. The molecule has 1 heterocycles. The molecule has 0 spiro atoms. The van der Waals surface area contributed by atoms with Crippen LogP contribution in [0.3, 0.4) is 0 Å². The molecule has 0 bridgehead atoms. The molecule has 3 N–H and O–H groups in total. The van der Waals surface area contributed by atoms with Gasteiger partial charge in [-0.25, -0.2) is 4.79 Å². The smallest absolute Gasteiger partial charge is 0.336 e. The number of tetrazole rings is 1. The van der Waals surface area contributed by atoms with Gasteiger partial charge in [-0.1, -0.05) is 12.1 Å². The van der Waals surface area contributed by atoms with Gasteiger partial charge >= 0.3 is 5.97 Å². The first-order valence-electron chi connectivity index (χ1n) is 6.00. The minimum atomic E-state index is -1.39. The fourth-order valence-electron chi connectivity index (χ4n) is 1.57. The molecule has 0 radical (unpaired) electrons. The number of nitrogens with one attached hydrogen (secondary N) is 2. The average molecular weight is 291 g/mol. The standard InChI is InChI=1S/C12H13N5O4/c1-21-12(20)9(18)6-13-11(19)8-4-2-7(3-5-8)10-14-16-17-15-10/h2-5,9,18H,6H2,1H3,(H,13,19)(H,14,15,16,17). The maximum Gasteiger partial charge on any atom is 0.336 e. The van der Waals surface area contributed by atoms with Gasteiger partial charge in [-0.15, -0.1) is 10.2 Å². The molecule has 1 aromatic heterocycles. The van der Waals surface area contributed by atoms with Crippen molar-refractivity contribution in [2.75, 3.05) is 13.7 Å². The summed E-state index contributed by atoms with van der Waals surface area (Å²) in [6.45, 7) is -0.224. The predicted octanol–water partition coefficient (Wildman–Crippen LogP) is -0.870. The number of hydrogen-bond donors (Lipinski definition) is 3. The Morgan fingerprint density at radius 3 is 2.67 bits per heavy atom. The second-order valence-corrected chi connectivity index (χ2v) is 4.06. The number of benzene rings is 1. The van der Waals surface area contributed by atoms with Gasteiger partial charge < -0.3 is 15.2 Å². The highest BCUT2D eigenvalue weighted by Crippen LogP contribution is 2.13. The zero-order valence-electron chi connectivity index (χ0n) is 11.1. The average Bonchev–Trinajstić information content (AvgIpc) is 3.06. The minimum Gasteiger partial charge on any atom is -0.467 e. The molecule has 110 valence electrons. The third-order valence-electron chi connectivity index (χ3n) is 2.68. The third kappa shape index (κ3) is 3.60. The number of hydrogen-bond acceptors (Lipinski definition) is 7. The Morgan fingerprint density at radius 2 is 2.10 bits per heavy atom. The number of amides is 1. The van der Waals surface area contributed by atoms with Crippen molar-refractivity contribution in [3.8, 4) is 11.4 Å². The molecule has 9 nitrogen and oxygen atoms in total. The number of esters is 1. The molecule has 0 aliphatic rings. The van der Waals surface area contributed by atoms with Gasteiger partial charge in [-0.2, -0.15) is 5.21 Å². The molecular formula is C12H13N5O4. The molecule has 21 heavy (non-hydrogen) atoms. The SMILES string of the molecule is COC(=O)C(O)CNC(=O)c1ccc(-c2nn[nH]n2)cc1. The van der Waals surface area contributed by atoms with E-state index >= 15 is 0 Å². The van der Waals surface area contributed by atoms with Crippen LogP contribution in [0, 0.1) is 0 Å². The molecule has 0 fully saturated rings. The summed E-state index contributed by atoms with van der Waals surface area (Å²) < 4.78 is 4.34. The van der Waals surface area contributed by atoms with E-state index in [0.717, 1.165) is 7.11 Å². The Labute approximate surface area is 119 Å². The van der Waals surface area contributed by atoms with Crippen molar-refractivity contribution in [3.05, 3.63) is 29.8 Å². The first kappa shape index (κ1) is 14.6. The summed E-state index contributed by atoms with van der Waals surface area (Å²) in [7, 11) is 1.16. The fraction of sp³-hybridized carbons (Fsp3) is 0.250. The van der Waals surface area contributed by atoms with E-state index in [1.165, 1.54) is 0 Å². The van der Waals surface area contributed by atoms with Crippen molar-refractivity contribution in [1.82, 2.24) is 25.9 Å². The maximum absolute atomic E-state index is 11.8. The van der Waals surface area contributed by atoms with Gasteiger partial charge in [0.1, 0.15) is 0 Å². The number of carbonyl (C=O) groups excluding carboxylic acids is 2. The molecule has 2 rings (SSSR count). The van der Waals surface area contributed by atoms with Crippen molar-refractivity contribution >= 4 is 11.9 Å². The van der Waals surface area contributed by atoms with Crippen molar-refractivity contribution in [3.63, 3.8) is 0 Å². The summed E-state index contributed by atoms with van der Waals surface area (Å²) in [4.78, 5) is 22.8. The Morgan fingerprint density at radius 1 is 1.38 bits per heavy atom. The maximum atomic E-state index is 11.8. The summed E-state index contributed by atoms with van der Waals surface area (Å²) in [6.07, 6.45) is -1.39. The first-order valence-corrected chi connectivity index (χ1v) is 6.00. The van der Waals surface area contributed by atoms with Crippen LogP contribution in [-0.4, -0.2) is 57.4 Å². The molecule has 1 aromatic carbocycles. The van der Waals surface area contributed by atoms with E-state index in [1.54, 1.807) is 24.3 Å².